The second kappa shape index (κ2) is 6.08. The number of hydrogen-bond donors (Lipinski definition) is 1. The van der Waals surface area contributed by atoms with Gasteiger partial charge in [0.05, 0.1) is 10.5 Å². The fraction of sp³-hybridized carbons (Fsp3) is 0.500. The van der Waals surface area contributed by atoms with Gasteiger partial charge in [0.15, 0.2) is 0 Å². The lowest BCUT2D eigenvalue weighted by Crippen LogP contribution is -2.52. The molecule has 2 rings (SSSR count). The molecule has 0 aliphatic carbocycles. The van der Waals surface area contributed by atoms with E-state index >= 15 is 0 Å². The van der Waals surface area contributed by atoms with Crippen LogP contribution in [0.2, 0.25) is 0 Å². The first-order valence-electron chi connectivity index (χ1n) is 6.61. The zero-order chi connectivity index (χ0) is 15.5. The standard InChI is InChI=1S/C14H17N3O4/c1-14(2)9-16-7-12(21-14)8-20-11-3-4-13(17(18)19)10(5-11)6-15/h3-5,12,16H,7-9H2,1-2H3. The van der Waals surface area contributed by atoms with Gasteiger partial charge in [0.2, 0.25) is 0 Å². The van der Waals surface area contributed by atoms with Crippen LogP contribution in [0, 0.1) is 21.4 Å². The van der Waals surface area contributed by atoms with Crippen molar-refractivity contribution in [2.75, 3.05) is 19.7 Å². The van der Waals surface area contributed by atoms with Crippen molar-refractivity contribution < 1.29 is 14.4 Å². The van der Waals surface area contributed by atoms with Gasteiger partial charge in [0, 0.05) is 25.2 Å². The largest absolute Gasteiger partial charge is 0.491 e. The van der Waals surface area contributed by atoms with E-state index in [0.717, 1.165) is 6.54 Å². The number of rotatable bonds is 4. The van der Waals surface area contributed by atoms with Gasteiger partial charge in [0.1, 0.15) is 30.1 Å². The van der Waals surface area contributed by atoms with Gasteiger partial charge >= 0.3 is 0 Å². The average molecular weight is 291 g/mol. The van der Waals surface area contributed by atoms with Gasteiger partial charge in [-0.25, -0.2) is 0 Å². The van der Waals surface area contributed by atoms with E-state index in [0.29, 0.717) is 18.9 Å². The first kappa shape index (κ1) is 15.2. The van der Waals surface area contributed by atoms with Crippen LogP contribution in [0.4, 0.5) is 5.69 Å². The highest BCUT2D eigenvalue weighted by Gasteiger charge is 2.28. The van der Waals surface area contributed by atoms with E-state index in [1.165, 1.54) is 18.2 Å². The van der Waals surface area contributed by atoms with Crippen molar-refractivity contribution in [2.24, 2.45) is 0 Å². The second-order valence-corrected chi connectivity index (χ2v) is 5.49. The summed E-state index contributed by atoms with van der Waals surface area (Å²) in [5.41, 5.74) is -0.485. The lowest BCUT2D eigenvalue weighted by molar-refractivity contribution is -0.385. The van der Waals surface area contributed by atoms with Crippen molar-refractivity contribution in [2.45, 2.75) is 25.6 Å². The highest BCUT2D eigenvalue weighted by atomic mass is 16.6. The van der Waals surface area contributed by atoms with E-state index in [4.69, 9.17) is 14.7 Å². The number of nitriles is 1. The Hall–Kier alpha value is -2.17. The molecule has 1 aromatic rings. The SMILES string of the molecule is CC1(C)CNCC(COc2ccc([N+](=O)[O-])c(C#N)c2)O1. The quantitative estimate of drug-likeness (QED) is 0.668. The molecule has 21 heavy (non-hydrogen) atoms. The van der Waals surface area contributed by atoms with Crippen molar-refractivity contribution >= 4 is 5.69 Å². The summed E-state index contributed by atoms with van der Waals surface area (Å²) in [4.78, 5) is 10.2. The van der Waals surface area contributed by atoms with Crippen LogP contribution < -0.4 is 10.1 Å². The first-order chi connectivity index (χ1) is 9.91. The molecule has 1 aromatic carbocycles. The Morgan fingerprint density at radius 2 is 2.38 bits per heavy atom. The number of benzene rings is 1. The molecule has 1 aliphatic heterocycles. The molecule has 7 nitrogen and oxygen atoms in total. The maximum Gasteiger partial charge on any atom is 0.287 e. The van der Waals surface area contributed by atoms with Gasteiger partial charge in [-0.3, -0.25) is 10.1 Å². The number of nitrogens with one attached hydrogen (secondary N) is 1. The molecule has 0 aromatic heterocycles. The van der Waals surface area contributed by atoms with Crippen molar-refractivity contribution in [3.05, 3.63) is 33.9 Å². The number of nitro groups is 1. The summed E-state index contributed by atoms with van der Waals surface area (Å²) in [6, 6.07) is 5.94. The number of nitro benzene ring substituents is 1. The Morgan fingerprint density at radius 1 is 1.62 bits per heavy atom. The molecule has 7 heteroatoms. The molecule has 0 amide bonds. The van der Waals surface area contributed by atoms with Crippen molar-refractivity contribution in [3.63, 3.8) is 0 Å². The summed E-state index contributed by atoms with van der Waals surface area (Å²) in [7, 11) is 0. The van der Waals surface area contributed by atoms with E-state index in [-0.39, 0.29) is 23.0 Å². The third-order valence-electron chi connectivity index (χ3n) is 3.13. The minimum absolute atomic E-state index is 0.0134. The minimum Gasteiger partial charge on any atom is -0.491 e. The van der Waals surface area contributed by atoms with Crippen molar-refractivity contribution in [3.8, 4) is 11.8 Å². The van der Waals surface area contributed by atoms with Crippen LogP contribution in [0.25, 0.3) is 0 Å². The molecule has 1 N–H and O–H groups in total. The van der Waals surface area contributed by atoms with Gasteiger partial charge in [-0.1, -0.05) is 0 Å². The van der Waals surface area contributed by atoms with Gasteiger partial charge in [-0.05, 0) is 19.9 Å². The van der Waals surface area contributed by atoms with Crippen LogP contribution in [-0.4, -0.2) is 36.3 Å². The fourth-order valence-electron chi connectivity index (χ4n) is 2.20. The molecule has 0 spiro atoms. The smallest absolute Gasteiger partial charge is 0.287 e. The lowest BCUT2D eigenvalue weighted by atomic mass is 10.1. The molecular weight excluding hydrogens is 274 g/mol. The van der Waals surface area contributed by atoms with E-state index in [9.17, 15) is 10.1 Å². The molecule has 1 unspecified atom stereocenters. The maximum atomic E-state index is 10.8. The molecule has 0 saturated carbocycles. The molecule has 112 valence electrons. The van der Waals surface area contributed by atoms with Crippen LogP contribution in [0.1, 0.15) is 19.4 Å². The third-order valence-corrected chi connectivity index (χ3v) is 3.13. The summed E-state index contributed by atoms with van der Waals surface area (Å²) < 4.78 is 11.4. The van der Waals surface area contributed by atoms with Crippen molar-refractivity contribution in [1.29, 1.82) is 5.26 Å². The van der Waals surface area contributed by atoms with E-state index in [1.54, 1.807) is 6.07 Å². The Balaban J connectivity index is 2.01. The second-order valence-electron chi connectivity index (χ2n) is 5.49. The monoisotopic (exact) mass is 291 g/mol. The van der Waals surface area contributed by atoms with Crippen LogP contribution in [0.5, 0.6) is 5.75 Å². The zero-order valence-electron chi connectivity index (χ0n) is 12.0. The third kappa shape index (κ3) is 3.90. The predicted octanol–water partition coefficient (Wildman–Crippen LogP) is 1.61. The average Bonchev–Trinajstić information content (AvgIpc) is 2.43. The number of hydrogen-bond acceptors (Lipinski definition) is 6. The highest BCUT2D eigenvalue weighted by molar-refractivity contribution is 5.52. The van der Waals surface area contributed by atoms with Crippen molar-refractivity contribution in [1.82, 2.24) is 5.32 Å². The predicted molar refractivity (Wildman–Crippen MR) is 75.1 cm³/mol. The molecule has 1 heterocycles. The molecule has 1 saturated heterocycles. The van der Waals surface area contributed by atoms with Gasteiger partial charge in [0.25, 0.3) is 5.69 Å². The van der Waals surface area contributed by atoms with Gasteiger partial charge < -0.3 is 14.8 Å². The van der Waals surface area contributed by atoms with Crippen LogP contribution in [0.3, 0.4) is 0 Å². The van der Waals surface area contributed by atoms with E-state index < -0.39 is 4.92 Å². The normalized spacial score (nSPS) is 20.5. The minimum atomic E-state index is -0.584. The zero-order valence-corrected chi connectivity index (χ0v) is 12.0. The summed E-state index contributed by atoms with van der Waals surface area (Å²) in [6.45, 7) is 5.76. The molecule has 1 atom stereocenters. The summed E-state index contributed by atoms with van der Waals surface area (Å²) in [5, 5.41) is 22.9. The summed E-state index contributed by atoms with van der Waals surface area (Å²) >= 11 is 0. The molecule has 0 bridgehead atoms. The fourth-order valence-corrected chi connectivity index (χ4v) is 2.20. The molecule has 1 fully saturated rings. The highest BCUT2D eigenvalue weighted by Crippen LogP contribution is 2.24. The number of morpholine rings is 1. The van der Waals surface area contributed by atoms with E-state index in [2.05, 4.69) is 5.32 Å². The Morgan fingerprint density at radius 3 is 3.00 bits per heavy atom. The molecule has 1 aliphatic rings. The van der Waals surface area contributed by atoms with Crippen LogP contribution >= 0.6 is 0 Å². The Labute approximate surface area is 122 Å². The Bertz CT molecular complexity index is 580. The van der Waals surface area contributed by atoms with E-state index in [1.807, 2.05) is 13.8 Å². The first-order valence-corrected chi connectivity index (χ1v) is 6.61. The van der Waals surface area contributed by atoms with Crippen LogP contribution in [-0.2, 0) is 4.74 Å². The lowest BCUT2D eigenvalue weighted by Gasteiger charge is -2.36. The number of ether oxygens (including phenoxy) is 2. The molecule has 0 radical (unpaired) electrons. The van der Waals surface area contributed by atoms with Gasteiger partial charge in [-0.15, -0.1) is 0 Å². The summed E-state index contributed by atoms with van der Waals surface area (Å²) in [6.07, 6.45) is -0.102. The number of nitrogens with zero attached hydrogens (tertiary/aromatic N) is 2. The summed E-state index contributed by atoms with van der Waals surface area (Å²) in [5.74, 6) is 0.420. The molecular formula is C14H17N3O4. The Kier molecular flexibility index (Phi) is 4.40. The topological polar surface area (TPSA) is 97.4 Å². The van der Waals surface area contributed by atoms with Crippen LogP contribution in [0.15, 0.2) is 18.2 Å². The maximum absolute atomic E-state index is 10.8. The van der Waals surface area contributed by atoms with Gasteiger partial charge in [-0.2, -0.15) is 5.26 Å².